The number of allylic oxidation sites excluding steroid dienone is 2. The number of rotatable bonds is 11. The number of para-hydroxylation sites is 1. The number of benzene rings is 2. The third-order valence-corrected chi connectivity index (χ3v) is 6.01. The molecule has 7 nitrogen and oxygen atoms in total. The molecule has 0 saturated carbocycles. The van der Waals surface area contributed by atoms with Gasteiger partial charge in [0, 0.05) is 12.6 Å². The minimum atomic E-state index is -4.12. The summed E-state index contributed by atoms with van der Waals surface area (Å²) in [4.78, 5) is 25.2. The molecule has 2 aromatic rings. The Hall–Kier alpha value is -3.65. The molecule has 0 fully saturated rings. The number of likely N-dealkylation sites (N-methyl/N-ethyl adjacent to an activating group) is 1. The predicted octanol–water partition coefficient (Wildman–Crippen LogP) is 3.51. The molecule has 2 aromatic carbocycles. The van der Waals surface area contributed by atoms with Crippen molar-refractivity contribution in [1.29, 1.82) is 0 Å². The van der Waals surface area contributed by atoms with Gasteiger partial charge in [0.1, 0.15) is 12.4 Å². The first kappa shape index (κ1) is 24.6. The molecule has 0 heterocycles. The fourth-order valence-corrected chi connectivity index (χ4v) is 3.84. The Balaban J connectivity index is 2.27. The van der Waals surface area contributed by atoms with Crippen LogP contribution in [-0.4, -0.2) is 45.0 Å². The molecule has 0 aromatic heterocycles. The van der Waals surface area contributed by atoms with Gasteiger partial charge in [-0.2, -0.15) is 0 Å². The Morgan fingerprint density at radius 2 is 1.66 bits per heavy atom. The largest absolute Gasteiger partial charge is 0.461 e. The van der Waals surface area contributed by atoms with Gasteiger partial charge in [0.05, 0.1) is 11.4 Å². The molecule has 0 aliphatic rings. The number of sulfone groups is 1. The average Bonchev–Trinajstić information content (AvgIpc) is 2.81. The summed E-state index contributed by atoms with van der Waals surface area (Å²) in [6.07, 6.45) is 5.33. The lowest BCUT2D eigenvalue weighted by atomic mass is 10.3. The van der Waals surface area contributed by atoms with Gasteiger partial charge in [-0.05, 0) is 49.5 Å². The Bertz CT molecular complexity index is 1080. The number of esters is 2. The van der Waals surface area contributed by atoms with E-state index in [9.17, 15) is 18.0 Å². The maximum atomic E-state index is 13.1. The van der Waals surface area contributed by atoms with Gasteiger partial charge in [-0.1, -0.05) is 43.0 Å². The molecule has 0 spiro atoms. The number of ether oxygens (including phenoxy) is 2. The van der Waals surface area contributed by atoms with Crippen molar-refractivity contribution < 1.29 is 27.5 Å². The van der Waals surface area contributed by atoms with Crippen molar-refractivity contribution in [1.82, 2.24) is 4.90 Å². The van der Waals surface area contributed by atoms with Crippen LogP contribution < -0.4 is 4.74 Å². The zero-order valence-corrected chi connectivity index (χ0v) is 18.5. The van der Waals surface area contributed by atoms with E-state index in [-0.39, 0.29) is 17.3 Å². The highest BCUT2D eigenvalue weighted by molar-refractivity contribution is 7.96. The number of nitrogens with zero attached hydrogens (tertiary/aromatic N) is 1. The van der Waals surface area contributed by atoms with E-state index in [2.05, 4.69) is 6.58 Å². The smallest absolute Gasteiger partial charge is 0.355 e. The van der Waals surface area contributed by atoms with E-state index in [0.717, 1.165) is 6.08 Å². The normalized spacial score (nSPS) is 11.7. The maximum Gasteiger partial charge on any atom is 0.355 e. The van der Waals surface area contributed by atoms with Crippen LogP contribution in [-0.2, 0) is 24.2 Å². The molecule has 0 radical (unpaired) electrons. The van der Waals surface area contributed by atoms with Crippen LogP contribution in [0.15, 0.2) is 101 Å². The SMILES string of the molecule is C=CC(=O)OCCN(C=CC=C(C(=O)Oc1ccccc1)S(=O)(=O)c1ccccc1)CC. The third kappa shape index (κ3) is 7.24. The van der Waals surface area contributed by atoms with Crippen LogP contribution in [0.1, 0.15) is 6.92 Å². The second-order valence-corrected chi connectivity index (χ2v) is 8.31. The van der Waals surface area contributed by atoms with Crippen LogP contribution in [0.4, 0.5) is 0 Å². The zero-order chi connectivity index (χ0) is 23.4. The van der Waals surface area contributed by atoms with Crippen LogP contribution in [0, 0.1) is 0 Å². The summed E-state index contributed by atoms with van der Waals surface area (Å²) < 4.78 is 36.4. The van der Waals surface area contributed by atoms with Gasteiger partial charge in [-0.15, -0.1) is 0 Å². The lowest BCUT2D eigenvalue weighted by Gasteiger charge is -2.17. The van der Waals surface area contributed by atoms with E-state index in [1.54, 1.807) is 59.6 Å². The Morgan fingerprint density at radius 1 is 1.03 bits per heavy atom. The van der Waals surface area contributed by atoms with E-state index in [1.807, 2.05) is 6.92 Å². The summed E-state index contributed by atoms with van der Waals surface area (Å²) in [5.41, 5.74) is 0. The summed E-state index contributed by atoms with van der Waals surface area (Å²) in [7, 11) is -4.12. The minimum Gasteiger partial charge on any atom is -0.461 e. The van der Waals surface area contributed by atoms with Crippen molar-refractivity contribution in [2.75, 3.05) is 19.7 Å². The summed E-state index contributed by atoms with van der Waals surface area (Å²) in [5, 5.41) is 0. The second kappa shape index (κ2) is 12.3. The molecule has 32 heavy (non-hydrogen) atoms. The zero-order valence-electron chi connectivity index (χ0n) is 17.7. The molecular formula is C24H25NO6S. The van der Waals surface area contributed by atoms with Crippen molar-refractivity contribution in [3.05, 3.63) is 96.6 Å². The molecule has 0 aliphatic carbocycles. The van der Waals surface area contributed by atoms with Gasteiger partial charge in [-0.25, -0.2) is 18.0 Å². The number of hydrogen-bond donors (Lipinski definition) is 0. The molecule has 2 rings (SSSR count). The van der Waals surface area contributed by atoms with E-state index in [1.165, 1.54) is 24.3 Å². The molecule has 0 unspecified atom stereocenters. The van der Waals surface area contributed by atoms with Crippen molar-refractivity contribution in [2.45, 2.75) is 11.8 Å². The van der Waals surface area contributed by atoms with Crippen LogP contribution in [0.25, 0.3) is 0 Å². The van der Waals surface area contributed by atoms with Gasteiger partial charge in [0.2, 0.25) is 9.84 Å². The Kier molecular flexibility index (Phi) is 9.43. The van der Waals surface area contributed by atoms with E-state index in [4.69, 9.17) is 9.47 Å². The number of carbonyl (C=O) groups excluding carboxylic acids is 2. The predicted molar refractivity (Wildman–Crippen MR) is 121 cm³/mol. The van der Waals surface area contributed by atoms with Gasteiger partial charge >= 0.3 is 11.9 Å². The molecule has 0 atom stereocenters. The van der Waals surface area contributed by atoms with Gasteiger partial charge in [0.15, 0.2) is 4.91 Å². The Labute approximate surface area is 188 Å². The van der Waals surface area contributed by atoms with Crippen LogP contribution in [0.5, 0.6) is 5.75 Å². The Morgan fingerprint density at radius 3 is 2.25 bits per heavy atom. The molecule has 0 amide bonds. The molecule has 8 heteroatoms. The molecule has 0 aliphatic heterocycles. The van der Waals surface area contributed by atoms with Crippen molar-refractivity contribution in [3.8, 4) is 5.75 Å². The highest BCUT2D eigenvalue weighted by Gasteiger charge is 2.28. The van der Waals surface area contributed by atoms with Crippen molar-refractivity contribution in [2.24, 2.45) is 0 Å². The van der Waals surface area contributed by atoms with Crippen molar-refractivity contribution in [3.63, 3.8) is 0 Å². The number of hydrogen-bond acceptors (Lipinski definition) is 7. The summed E-state index contributed by atoms with van der Waals surface area (Å²) in [5.74, 6) is -1.28. The van der Waals surface area contributed by atoms with Crippen LogP contribution in [0.2, 0.25) is 0 Å². The summed E-state index contributed by atoms with van der Waals surface area (Å²) >= 11 is 0. The van der Waals surface area contributed by atoms with Gasteiger partial charge in [0.25, 0.3) is 0 Å². The molecule has 168 valence electrons. The lowest BCUT2D eigenvalue weighted by Crippen LogP contribution is -2.23. The first-order chi connectivity index (χ1) is 15.4. The summed E-state index contributed by atoms with van der Waals surface area (Å²) in [6, 6.07) is 15.9. The quantitative estimate of drug-likeness (QED) is 0.222. The van der Waals surface area contributed by atoms with E-state index < -0.39 is 26.7 Å². The highest BCUT2D eigenvalue weighted by Crippen LogP contribution is 2.22. The highest BCUT2D eigenvalue weighted by atomic mass is 32.2. The van der Waals surface area contributed by atoms with E-state index >= 15 is 0 Å². The standard InChI is InChI=1S/C24H25NO6S/c1-3-23(26)30-19-18-25(4-2)17-11-16-22(24(27)31-20-12-7-5-8-13-20)32(28,29)21-14-9-6-10-15-21/h3,5-17H,1,4,18-19H2,2H3. The van der Waals surface area contributed by atoms with Crippen molar-refractivity contribution >= 4 is 21.8 Å². The third-order valence-electron chi connectivity index (χ3n) is 4.24. The molecular weight excluding hydrogens is 430 g/mol. The molecule has 0 bridgehead atoms. The summed E-state index contributed by atoms with van der Waals surface area (Å²) in [6.45, 7) is 6.31. The maximum absolute atomic E-state index is 13.1. The van der Waals surface area contributed by atoms with E-state index in [0.29, 0.717) is 13.1 Å². The second-order valence-electron chi connectivity index (χ2n) is 6.39. The average molecular weight is 456 g/mol. The van der Waals surface area contributed by atoms with Gasteiger partial charge in [-0.3, -0.25) is 0 Å². The topological polar surface area (TPSA) is 90.0 Å². The van der Waals surface area contributed by atoms with Crippen LogP contribution in [0.3, 0.4) is 0 Å². The fourth-order valence-electron chi connectivity index (χ4n) is 2.55. The molecule has 0 saturated heterocycles. The monoisotopic (exact) mass is 455 g/mol. The fraction of sp³-hybridized carbons (Fsp3) is 0.167. The first-order valence-electron chi connectivity index (χ1n) is 9.87. The first-order valence-corrected chi connectivity index (χ1v) is 11.4. The number of carbonyl (C=O) groups is 2. The minimum absolute atomic E-state index is 0.0200. The molecule has 0 N–H and O–H groups in total. The lowest BCUT2D eigenvalue weighted by molar-refractivity contribution is -0.138. The van der Waals surface area contributed by atoms with Gasteiger partial charge < -0.3 is 14.4 Å². The van der Waals surface area contributed by atoms with Crippen LogP contribution >= 0.6 is 0 Å².